The van der Waals surface area contributed by atoms with Gasteiger partial charge in [-0.15, -0.1) is 0 Å². The molecule has 7 heteroatoms. The van der Waals surface area contributed by atoms with E-state index in [4.69, 9.17) is 4.74 Å². The topological polar surface area (TPSA) is 53.0 Å². The van der Waals surface area contributed by atoms with Crippen LogP contribution in [0.4, 0.5) is 13.6 Å². The number of hydrogen-bond donors (Lipinski definition) is 1. The van der Waals surface area contributed by atoms with Gasteiger partial charge in [-0.1, -0.05) is 19.9 Å². The van der Waals surface area contributed by atoms with Crippen molar-refractivity contribution >= 4 is 6.09 Å². The van der Waals surface area contributed by atoms with Crippen LogP contribution in [0, 0.1) is 23.0 Å². The number of amides is 1. The van der Waals surface area contributed by atoms with E-state index in [9.17, 15) is 14.3 Å². The van der Waals surface area contributed by atoms with Crippen molar-refractivity contribution in [2.75, 3.05) is 19.6 Å². The molecule has 2 aromatic carbocycles. The molecule has 1 N–H and O–H groups in total. The van der Waals surface area contributed by atoms with Gasteiger partial charge >= 0.3 is 6.09 Å². The van der Waals surface area contributed by atoms with Gasteiger partial charge < -0.3 is 14.7 Å². The molecule has 4 aliphatic rings. The molecule has 0 radical (unpaired) electrons. The summed E-state index contributed by atoms with van der Waals surface area (Å²) in [5.74, 6) is -0.521. The maximum Gasteiger partial charge on any atom is 0.408 e. The second kappa shape index (κ2) is 8.77. The van der Waals surface area contributed by atoms with Crippen molar-refractivity contribution in [1.82, 2.24) is 9.80 Å². The second-order valence-corrected chi connectivity index (χ2v) is 11.3. The maximum absolute atomic E-state index is 15.5. The highest BCUT2D eigenvalue weighted by molar-refractivity contribution is 5.70. The van der Waals surface area contributed by atoms with E-state index < -0.39 is 29.2 Å². The van der Waals surface area contributed by atoms with E-state index in [0.29, 0.717) is 23.5 Å². The average molecular weight is 485 g/mol. The Labute approximate surface area is 205 Å². The van der Waals surface area contributed by atoms with Gasteiger partial charge in [-0.2, -0.15) is 0 Å². The van der Waals surface area contributed by atoms with Gasteiger partial charge in [-0.3, -0.25) is 4.90 Å². The summed E-state index contributed by atoms with van der Waals surface area (Å²) in [5, 5.41) is 10.4. The van der Waals surface area contributed by atoms with Crippen LogP contribution in [0.5, 0.6) is 5.75 Å². The monoisotopic (exact) mass is 484 g/mol. The van der Waals surface area contributed by atoms with E-state index in [0.717, 1.165) is 43.6 Å². The third-order valence-corrected chi connectivity index (χ3v) is 7.99. The van der Waals surface area contributed by atoms with E-state index in [1.807, 2.05) is 13.8 Å². The van der Waals surface area contributed by atoms with Gasteiger partial charge in [0.15, 0.2) is 11.6 Å². The lowest BCUT2D eigenvalue weighted by molar-refractivity contribution is -0.0267. The van der Waals surface area contributed by atoms with Crippen LogP contribution in [0.1, 0.15) is 57.7 Å². The zero-order valence-electron chi connectivity index (χ0n) is 20.9. The van der Waals surface area contributed by atoms with Crippen molar-refractivity contribution in [2.24, 2.45) is 11.3 Å². The van der Waals surface area contributed by atoms with E-state index in [-0.39, 0.29) is 17.9 Å². The highest BCUT2D eigenvalue weighted by Crippen LogP contribution is 2.52. The van der Waals surface area contributed by atoms with E-state index >= 15 is 4.39 Å². The van der Waals surface area contributed by atoms with Gasteiger partial charge in [0.05, 0.1) is 18.2 Å². The lowest BCUT2D eigenvalue weighted by Crippen LogP contribution is -2.60. The molecule has 3 heterocycles. The molecule has 2 bridgehead atoms. The Kier molecular flexibility index (Phi) is 6.02. The standard InChI is InChI=1S/C28H34F2N2O3/c1-16(2)35-25-6-5-18(12-23(25)30)20-11-19-14-28(3,4)26(21(19)13-22(20)29)32(27(33)34)24-15-31-9-7-17(24)8-10-31/h5-6,11-13,16-17,24,26H,7-10,14-15H2,1-4H3,(H,33,34)/t24-,26+/m1/s1. The lowest BCUT2D eigenvalue weighted by Gasteiger charge is -2.51. The van der Waals surface area contributed by atoms with Crippen LogP contribution in [0.2, 0.25) is 0 Å². The van der Waals surface area contributed by atoms with Gasteiger partial charge in [-0.25, -0.2) is 13.6 Å². The molecule has 3 fully saturated rings. The first-order valence-corrected chi connectivity index (χ1v) is 12.6. The molecule has 0 spiro atoms. The van der Waals surface area contributed by atoms with E-state index in [2.05, 4.69) is 18.7 Å². The van der Waals surface area contributed by atoms with Gasteiger partial charge in [0.25, 0.3) is 0 Å². The number of halogens is 2. The Balaban J connectivity index is 1.52. The average Bonchev–Trinajstić information content (AvgIpc) is 3.04. The fraction of sp³-hybridized carbons (Fsp3) is 0.536. The highest BCUT2D eigenvalue weighted by Gasteiger charge is 2.50. The van der Waals surface area contributed by atoms with E-state index in [1.165, 1.54) is 18.2 Å². The van der Waals surface area contributed by atoms with Crippen LogP contribution >= 0.6 is 0 Å². The quantitative estimate of drug-likeness (QED) is 0.556. The van der Waals surface area contributed by atoms with Crippen molar-refractivity contribution in [3.05, 3.63) is 53.1 Å². The number of carboxylic acid groups (broad SMARTS) is 1. The molecule has 1 amide bonds. The smallest absolute Gasteiger partial charge is 0.408 e. The Morgan fingerprint density at radius 2 is 1.86 bits per heavy atom. The number of piperidine rings is 3. The molecule has 0 unspecified atom stereocenters. The number of nitrogens with zero attached hydrogens (tertiary/aromatic N) is 2. The number of benzene rings is 2. The third kappa shape index (κ3) is 4.28. The van der Waals surface area contributed by atoms with Gasteiger partial charge in [-0.05, 0) is 98.5 Å². The summed E-state index contributed by atoms with van der Waals surface area (Å²) >= 11 is 0. The minimum atomic E-state index is -0.943. The minimum absolute atomic E-state index is 0.0874. The maximum atomic E-state index is 15.5. The fourth-order valence-corrected chi connectivity index (χ4v) is 6.51. The summed E-state index contributed by atoms with van der Waals surface area (Å²) < 4.78 is 35.6. The lowest BCUT2D eigenvalue weighted by atomic mass is 9.79. The summed E-state index contributed by atoms with van der Waals surface area (Å²) in [6.07, 6.45) is 1.53. The summed E-state index contributed by atoms with van der Waals surface area (Å²) in [5.41, 5.74) is 2.02. The van der Waals surface area contributed by atoms with Crippen LogP contribution < -0.4 is 4.74 Å². The first-order valence-electron chi connectivity index (χ1n) is 12.6. The number of ether oxygens (including phenoxy) is 1. The summed E-state index contributed by atoms with van der Waals surface area (Å²) in [6.45, 7) is 10.5. The van der Waals surface area contributed by atoms with Crippen LogP contribution in [0.25, 0.3) is 11.1 Å². The van der Waals surface area contributed by atoms with Gasteiger partial charge in [0.1, 0.15) is 5.82 Å². The van der Waals surface area contributed by atoms with Crippen molar-refractivity contribution in [1.29, 1.82) is 0 Å². The predicted octanol–water partition coefficient (Wildman–Crippen LogP) is 6.12. The van der Waals surface area contributed by atoms with Gasteiger partial charge in [0.2, 0.25) is 0 Å². The van der Waals surface area contributed by atoms with Crippen molar-refractivity contribution < 1.29 is 23.4 Å². The summed E-state index contributed by atoms with van der Waals surface area (Å²) in [4.78, 5) is 16.6. The molecular formula is C28H34F2N2O3. The van der Waals surface area contributed by atoms with Gasteiger partial charge in [0, 0.05) is 12.1 Å². The molecule has 5 nitrogen and oxygen atoms in total. The molecule has 1 aliphatic carbocycles. The van der Waals surface area contributed by atoms with Crippen molar-refractivity contribution in [3.8, 4) is 16.9 Å². The largest absolute Gasteiger partial charge is 0.488 e. The molecule has 6 rings (SSSR count). The SMILES string of the molecule is CC(C)Oc1ccc(-c2cc3c(cc2F)[C@H](N(C(=O)O)[C@@H]2CN4CCC2CC4)C(C)(C)C3)cc1F. The zero-order valence-corrected chi connectivity index (χ0v) is 20.9. The number of rotatable bonds is 5. The molecule has 35 heavy (non-hydrogen) atoms. The number of carbonyl (C=O) groups is 1. The molecule has 0 saturated carbocycles. The Morgan fingerprint density at radius 1 is 1.14 bits per heavy atom. The first-order chi connectivity index (χ1) is 16.5. The van der Waals surface area contributed by atoms with Crippen LogP contribution in [0.15, 0.2) is 30.3 Å². The zero-order chi connectivity index (χ0) is 25.1. The van der Waals surface area contributed by atoms with Crippen molar-refractivity contribution in [2.45, 2.75) is 65.1 Å². The fourth-order valence-electron chi connectivity index (χ4n) is 6.51. The normalized spacial score (nSPS) is 26.6. The molecule has 0 aromatic heterocycles. The van der Waals surface area contributed by atoms with E-state index in [1.54, 1.807) is 17.0 Å². The summed E-state index contributed by atoms with van der Waals surface area (Å²) in [6, 6.07) is 7.25. The third-order valence-electron chi connectivity index (χ3n) is 7.99. The molecule has 188 valence electrons. The Morgan fingerprint density at radius 3 is 2.43 bits per heavy atom. The minimum Gasteiger partial charge on any atom is -0.488 e. The van der Waals surface area contributed by atoms with Crippen LogP contribution in [0.3, 0.4) is 0 Å². The number of fused-ring (bicyclic) bond motifs is 4. The van der Waals surface area contributed by atoms with Crippen LogP contribution in [-0.4, -0.2) is 52.8 Å². The Hall–Kier alpha value is -2.67. The molecular weight excluding hydrogens is 450 g/mol. The molecule has 2 atom stereocenters. The Bertz CT molecular complexity index is 1140. The van der Waals surface area contributed by atoms with Crippen LogP contribution in [-0.2, 0) is 6.42 Å². The molecule has 3 aliphatic heterocycles. The summed E-state index contributed by atoms with van der Waals surface area (Å²) in [7, 11) is 0. The molecule has 3 saturated heterocycles. The highest BCUT2D eigenvalue weighted by atomic mass is 19.1. The second-order valence-electron chi connectivity index (χ2n) is 11.3. The van der Waals surface area contributed by atoms with Crippen molar-refractivity contribution in [3.63, 3.8) is 0 Å². The first kappa shape index (κ1) is 24.0. The predicted molar refractivity (Wildman–Crippen MR) is 131 cm³/mol. The number of hydrogen-bond acceptors (Lipinski definition) is 3. The molecule has 2 aromatic rings.